The van der Waals surface area contributed by atoms with E-state index in [1.807, 2.05) is 0 Å². The molecule has 0 fully saturated rings. The molecule has 12 nitrogen and oxygen atoms in total. The molecule has 0 bridgehead atoms. The maximum atomic E-state index is 11.0. The summed E-state index contributed by atoms with van der Waals surface area (Å²) in [7, 11) is -2.34. The predicted octanol–water partition coefficient (Wildman–Crippen LogP) is 2.80. The van der Waals surface area contributed by atoms with Gasteiger partial charge in [-0.1, -0.05) is 41.4 Å². The van der Waals surface area contributed by atoms with Crippen molar-refractivity contribution in [1.29, 1.82) is 0 Å². The lowest BCUT2D eigenvalue weighted by Gasteiger charge is -2.23. The summed E-state index contributed by atoms with van der Waals surface area (Å²) in [6, 6.07) is 0. The Morgan fingerprint density at radius 1 is 0.811 bits per heavy atom. The molecular weight excluding hydrogens is 537 g/mol. The fraction of sp³-hybridized carbons (Fsp3) is 0.368. The van der Waals surface area contributed by atoms with Gasteiger partial charge in [-0.2, -0.15) is 0 Å². The average molecular weight is 568 g/mol. The topological polar surface area (TPSA) is 192 Å². The predicted molar refractivity (Wildman–Crippen MR) is 155 cm³/mol. The smallest absolute Gasteiger partial charge is 0.408 e. The standard InChI is InChI=1S/C7H12B2N2O3S.C6H9BN2O2S.C5H6N2OS.CH4/c1-5(12)6-4-10-7(15-6)11(8(2)13)9(3)14;1-4(10)5-3-8-6(12-5)9-7(2)11;1-3(8)4-2-7-5(6)9-4;/h4,13-14H,1-3H3;3,11H,1-2H3,(H,8,9);2H,1H3,(H2,6,7);1H4. The molecule has 3 heterocycles. The van der Waals surface area contributed by atoms with E-state index in [4.69, 9.17) is 10.8 Å². The van der Waals surface area contributed by atoms with E-state index in [1.54, 1.807) is 6.82 Å². The molecule has 200 valence electrons. The van der Waals surface area contributed by atoms with Gasteiger partial charge in [0.05, 0.1) is 33.2 Å². The second kappa shape index (κ2) is 16.3. The summed E-state index contributed by atoms with van der Waals surface area (Å²) in [6.45, 7) is 9.08. The van der Waals surface area contributed by atoms with E-state index in [0.717, 1.165) is 11.3 Å². The highest BCUT2D eigenvalue weighted by atomic mass is 32.1. The van der Waals surface area contributed by atoms with Gasteiger partial charge in [0, 0.05) is 20.8 Å². The van der Waals surface area contributed by atoms with E-state index in [-0.39, 0.29) is 24.8 Å². The molecule has 0 saturated heterocycles. The molecule has 37 heavy (non-hydrogen) atoms. The number of carbonyl (C=O) groups is 3. The lowest BCUT2D eigenvalue weighted by Crippen LogP contribution is -2.47. The van der Waals surface area contributed by atoms with E-state index < -0.39 is 21.2 Å². The number of anilines is 3. The van der Waals surface area contributed by atoms with E-state index >= 15 is 0 Å². The molecule has 0 aliphatic carbocycles. The Labute approximate surface area is 229 Å². The van der Waals surface area contributed by atoms with Crippen LogP contribution in [0.1, 0.15) is 57.2 Å². The number of hydrogen-bond donors (Lipinski definition) is 5. The fourth-order valence-electron chi connectivity index (χ4n) is 2.31. The summed E-state index contributed by atoms with van der Waals surface area (Å²) in [4.78, 5) is 45.8. The minimum Gasteiger partial charge on any atom is -0.433 e. The summed E-state index contributed by atoms with van der Waals surface area (Å²) in [6.07, 6.45) is 4.43. The van der Waals surface area contributed by atoms with Crippen molar-refractivity contribution in [3.8, 4) is 0 Å². The van der Waals surface area contributed by atoms with E-state index in [9.17, 15) is 24.4 Å². The van der Waals surface area contributed by atoms with Gasteiger partial charge in [0.15, 0.2) is 32.7 Å². The molecular formula is C19H31B3N6O6S3. The molecule has 0 aromatic carbocycles. The number of nitrogens with one attached hydrogen (secondary N) is 1. The number of thiazole rings is 3. The zero-order valence-corrected chi connectivity index (χ0v) is 23.1. The number of aromatic nitrogens is 3. The molecule has 0 spiro atoms. The van der Waals surface area contributed by atoms with E-state index in [1.165, 1.54) is 80.4 Å². The van der Waals surface area contributed by atoms with Crippen LogP contribution in [0.25, 0.3) is 0 Å². The van der Waals surface area contributed by atoms with Gasteiger partial charge in [0.1, 0.15) is 0 Å². The highest BCUT2D eigenvalue weighted by Crippen LogP contribution is 2.24. The third-order valence-corrected chi connectivity index (χ3v) is 6.99. The van der Waals surface area contributed by atoms with E-state index in [0.29, 0.717) is 30.0 Å². The monoisotopic (exact) mass is 568 g/mol. The SMILES string of the molecule is C.CB(O)N(B(C)O)c1ncc(C(C)=O)s1.CB(O)Nc1ncc(C(C)=O)s1.CC(=O)c1cnc(N)s1. The Bertz CT molecular complexity index is 1150. The molecule has 18 heteroatoms. The quantitative estimate of drug-likeness (QED) is 0.198. The normalized spacial score (nSPS) is 9.43. The maximum absolute atomic E-state index is 11.0. The first kappa shape index (κ1) is 34.4. The van der Waals surface area contributed by atoms with Crippen LogP contribution < -0.4 is 15.7 Å². The van der Waals surface area contributed by atoms with Gasteiger partial charge in [0.2, 0.25) is 0 Å². The van der Waals surface area contributed by atoms with Crippen molar-refractivity contribution < 1.29 is 29.5 Å². The van der Waals surface area contributed by atoms with Crippen LogP contribution in [0.2, 0.25) is 20.5 Å². The minimum atomic E-state index is -0.851. The minimum absolute atomic E-state index is 0. The van der Waals surface area contributed by atoms with Crippen molar-refractivity contribution in [2.45, 2.75) is 48.7 Å². The zero-order chi connectivity index (χ0) is 27.6. The van der Waals surface area contributed by atoms with Gasteiger partial charge in [0.25, 0.3) is 0 Å². The van der Waals surface area contributed by atoms with Crippen LogP contribution in [0.15, 0.2) is 18.6 Å². The van der Waals surface area contributed by atoms with Crippen LogP contribution in [0.5, 0.6) is 0 Å². The zero-order valence-electron chi connectivity index (χ0n) is 20.6. The Morgan fingerprint density at radius 3 is 1.57 bits per heavy atom. The first-order valence-corrected chi connectivity index (χ1v) is 12.9. The summed E-state index contributed by atoms with van der Waals surface area (Å²) in [5.74, 6) is -0.0646. The molecule has 6 N–H and O–H groups in total. The number of carbonyl (C=O) groups excluding carboxylic acids is 3. The summed E-state index contributed by atoms with van der Waals surface area (Å²) >= 11 is 3.60. The van der Waals surface area contributed by atoms with Gasteiger partial charge in [-0.15, -0.1) is 0 Å². The Morgan fingerprint density at radius 2 is 1.24 bits per heavy atom. The van der Waals surface area contributed by atoms with Crippen molar-refractivity contribution in [2.24, 2.45) is 0 Å². The number of ketones is 3. The molecule has 3 aromatic heterocycles. The van der Waals surface area contributed by atoms with Gasteiger partial charge in [-0.05, 0) is 20.5 Å². The lowest BCUT2D eigenvalue weighted by molar-refractivity contribution is 0.101. The summed E-state index contributed by atoms with van der Waals surface area (Å²) in [5, 5.41) is 31.9. The van der Waals surface area contributed by atoms with Crippen LogP contribution >= 0.6 is 34.0 Å². The molecule has 0 amide bonds. The molecule has 0 atom stereocenters. The first-order chi connectivity index (χ1) is 16.7. The third-order valence-electron chi connectivity index (χ3n) is 3.92. The maximum Gasteiger partial charge on any atom is 0.408 e. The van der Waals surface area contributed by atoms with Crippen molar-refractivity contribution >= 4 is 87.9 Å². The van der Waals surface area contributed by atoms with Gasteiger partial charge < -0.3 is 30.8 Å². The largest absolute Gasteiger partial charge is 0.433 e. The first-order valence-electron chi connectivity index (χ1n) is 10.5. The van der Waals surface area contributed by atoms with Crippen LogP contribution in [0, 0.1) is 0 Å². The molecule has 0 radical (unpaired) electrons. The van der Waals surface area contributed by atoms with Crippen LogP contribution in [0.4, 0.5) is 15.4 Å². The fourth-order valence-corrected chi connectivity index (χ4v) is 4.65. The number of nitrogen functional groups attached to an aromatic ring is 1. The molecule has 0 aliphatic rings. The Kier molecular flexibility index (Phi) is 15.1. The van der Waals surface area contributed by atoms with Crippen LogP contribution in [-0.4, -0.2) is 68.5 Å². The highest BCUT2D eigenvalue weighted by Gasteiger charge is 2.27. The average Bonchev–Trinajstić information content (AvgIpc) is 3.49. The van der Waals surface area contributed by atoms with Crippen molar-refractivity contribution in [1.82, 2.24) is 15.0 Å². The summed E-state index contributed by atoms with van der Waals surface area (Å²) in [5.41, 5.74) is 5.27. The highest BCUT2D eigenvalue weighted by molar-refractivity contribution is 7.19. The second-order valence-corrected chi connectivity index (χ2v) is 10.4. The molecule has 0 unspecified atom stereocenters. The van der Waals surface area contributed by atoms with Gasteiger partial charge in [-0.25, -0.2) is 15.0 Å². The van der Waals surface area contributed by atoms with Crippen molar-refractivity contribution in [2.75, 3.05) is 15.7 Å². The Hall–Kier alpha value is -2.63. The Balaban J connectivity index is 0.000000534. The number of Topliss-reactive ketones (excluding diaryl/α,β-unsaturated/α-hetero) is 3. The van der Waals surface area contributed by atoms with Crippen LogP contribution in [-0.2, 0) is 0 Å². The number of hydrogen-bond acceptors (Lipinski definition) is 15. The van der Waals surface area contributed by atoms with Crippen LogP contribution in [0.3, 0.4) is 0 Å². The van der Waals surface area contributed by atoms with Gasteiger partial charge in [-0.3, -0.25) is 14.4 Å². The molecule has 0 saturated carbocycles. The van der Waals surface area contributed by atoms with E-state index in [2.05, 4.69) is 20.2 Å². The van der Waals surface area contributed by atoms with Crippen molar-refractivity contribution in [3.63, 3.8) is 0 Å². The number of nitrogens with zero attached hydrogens (tertiary/aromatic N) is 4. The third kappa shape index (κ3) is 12.0. The summed E-state index contributed by atoms with van der Waals surface area (Å²) < 4.78 is 1.33. The lowest BCUT2D eigenvalue weighted by atomic mass is 9.70. The van der Waals surface area contributed by atoms with Gasteiger partial charge >= 0.3 is 21.2 Å². The second-order valence-electron chi connectivity index (χ2n) is 7.26. The molecule has 3 rings (SSSR count). The molecule has 3 aromatic rings. The number of nitrogens with two attached hydrogens (primary N) is 1. The number of rotatable bonds is 8. The van der Waals surface area contributed by atoms with Crippen molar-refractivity contribution in [3.05, 3.63) is 33.2 Å². The molecule has 0 aliphatic heterocycles.